The van der Waals surface area contributed by atoms with Gasteiger partial charge in [-0.3, -0.25) is 10.4 Å². The highest BCUT2D eigenvalue weighted by atomic mass is 16.6. The van der Waals surface area contributed by atoms with Crippen molar-refractivity contribution in [2.45, 2.75) is 6.92 Å². The zero-order valence-corrected chi connectivity index (χ0v) is 7.20. The number of aliphatic hydroxyl groups is 1. The third-order valence-corrected chi connectivity index (χ3v) is 1.38. The van der Waals surface area contributed by atoms with Gasteiger partial charge in [0.1, 0.15) is 12.4 Å². The van der Waals surface area contributed by atoms with Crippen LogP contribution in [0.1, 0.15) is 5.56 Å². The summed E-state index contributed by atoms with van der Waals surface area (Å²) in [6, 6.07) is 0. The Balaban J connectivity index is 2.41. The number of anilines is 1. The quantitative estimate of drug-likeness (QED) is 0.630. The van der Waals surface area contributed by atoms with Gasteiger partial charge in [0.15, 0.2) is 0 Å². The number of nitrogens with zero attached hydrogens (tertiary/aromatic N) is 1. The van der Waals surface area contributed by atoms with Crippen LogP contribution in [0.15, 0.2) is 6.20 Å². The number of H-pyrrole nitrogens is 1. The van der Waals surface area contributed by atoms with Crippen LogP contribution >= 0.6 is 0 Å². The highest BCUT2D eigenvalue weighted by Gasteiger charge is 2.05. The van der Waals surface area contributed by atoms with Crippen LogP contribution in [0, 0.1) is 6.92 Å². The molecule has 1 amide bonds. The summed E-state index contributed by atoms with van der Waals surface area (Å²) in [5.41, 5.74) is 0.820. The van der Waals surface area contributed by atoms with Crippen molar-refractivity contribution in [3.05, 3.63) is 11.8 Å². The summed E-state index contributed by atoms with van der Waals surface area (Å²) in [5.74, 6) is 0.503. The van der Waals surface area contributed by atoms with Crippen molar-refractivity contribution in [3.63, 3.8) is 0 Å². The minimum absolute atomic E-state index is 0.0149. The topological polar surface area (TPSA) is 87.2 Å². The lowest BCUT2D eigenvalue weighted by Crippen LogP contribution is -2.16. The molecule has 13 heavy (non-hydrogen) atoms. The van der Waals surface area contributed by atoms with Gasteiger partial charge < -0.3 is 9.84 Å². The second-order valence-electron chi connectivity index (χ2n) is 2.41. The molecule has 0 spiro atoms. The lowest BCUT2D eigenvalue weighted by molar-refractivity contribution is 0.131. The Hall–Kier alpha value is -1.56. The van der Waals surface area contributed by atoms with E-state index in [1.807, 2.05) is 0 Å². The van der Waals surface area contributed by atoms with Crippen LogP contribution in [0.25, 0.3) is 0 Å². The second-order valence-corrected chi connectivity index (χ2v) is 2.41. The minimum atomic E-state index is -0.610. The normalized spacial score (nSPS) is 9.69. The fourth-order valence-corrected chi connectivity index (χ4v) is 0.749. The molecule has 1 aromatic rings. The highest BCUT2D eigenvalue weighted by molar-refractivity contribution is 5.84. The summed E-state index contributed by atoms with van der Waals surface area (Å²) < 4.78 is 4.57. The second kappa shape index (κ2) is 4.46. The number of carbonyl (C=O) groups is 1. The number of hydrogen-bond acceptors (Lipinski definition) is 4. The molecule has 0 atom stereocenters. The number of aryl methyl sites for hydroxylation is 1. The molecule has 0 aromatic carbocycles. The van der Waals surface area contributed by atoms with Crippen LogP contribution < -0.4 is 5.32 Å². The summed E-state index contributed by atoms with van der Waals surface area (Å²) in [5, 5.41) is 17.1. The van der Waals surface area contributed by atoms with Gasteiger partial charge in [0.05, 0.1) is 12.8 Å². The number of carbonyl (C=O) groups excluding carboxylic acids is 1. The molecule has 6 nitrogen and oxygen atoms in total. The van der Waals surface area contributed by atoms with Crippen LogP contribution in [0.3, 0.4) is 0 Å². The Morgan fingerprint density at radius 3 is 3.15 bits per heavy atom. The van der Waals surface area contributed by atoms with E-state index in [2.05, 4.69) is 20.3 Å². The van der Waals surface area contributed by atoms with E-state index in [4.69, 9.17) is 5.11 Å². The summed E-state index contributed by atoms with van der Waals surface area (Å²) in [6.45, 7) is 1.60. The van der Waals surface area contributed by atoms with Gasteiger partial charge in [-0.25, -0.2) is 4.79 Å². The van der Waals surface area contributed by atoms with Crippen molar-refractivity contribution in [1.29, 1.82) is 0 Å². The number of amides is 1. The van der Waals surface area contributed by atoms with Gasteiger partial charge in [0.2, 0.25) is 0 Å². The first-order chi connectivity index (χ1) is 6.24. The number of ether oxygens (including phenoxy) is 1. The smallest absolute Gasteiger partial charge is 0.412 e. The lowest BCUT2D eigenvalue weighted by Gasteiger charge is -2.03. The maximum absolute atomic E-state index is 10.9. The highest BCUT2D eigenvalue weighted by Crippen LogP contribution is 2.08. The molecule has 0 aliphatic rings. The number of hydrogen-bond donors (Lipinski definition) is 3. The van der Waals surface area contributed by atoms with Crippen molar-refractivity contribution < 1.29 is 14.6 Å². The third kappa shape index (κ3) is 2.75. The number of aliphatic hydroxyl groups excluding tert-OH is 1. The first-order valence-electron chi connectivity index (χ1n) is 3.78. The third-order valence-electron chi connectivity index (χ3n) is 1.38. The fraction of sp³-hybridized carbons (Fsp3) is 0.429. The first kappa shape index (κ1) is 9.53. The standard InChI is InChI=1S/C7H11N3O3/c1-5-4-8-10-6(5)9-7(12)13-3-2-11/h4,11H,2-3H2,1H3,(H2,8,9,10,12). The number of nitrogens with one attached hydrogen (secondary N) is 2. The molecule has 72 valence electrons. The molecule has 0 saturated carbocycles. The molecule has 0 aliphatic heterocycles. The van der Waals surface area contributed by atoms with Crippen molar-refractivity contribution in [3.8, 4) is 0 Å². The molecule has 6 heteroatoms. The molecular weight excluding hydrogens is 174 g/mol. The number of aromatic amines is 1. The Labute approximate surface area is 74.9 Å². The average Bonchev–Trinajstić information content (AvgIpc) is 2.48. The average molecular weight is 185 g/mol. The van der Waals surface area contributed by atoms with Gasteiger partial charge in [-0.1, -0.05) is 0 Å². The Bertz CT molecular complexity index is 284. The largest absolute Gasteiger partial charge is 0.447 e. The molecule has 0 bridgehead atoms. The van der Waals surface area contributed by atoms with Crippen LogP contribution in [-0.2, 0) is 4.74 Å². The maximum Gasteiger partial charge on any atom is 0.412 e. The SMILES string of the molecule is Cc1cn[nH]c1NC(=O)OCCO. The van der Waals surface area contributed by atoms with Crippen LogP contribution in [-0.4, -0.2) is 34.6 Å². The number of aromatic nitrogens is 2. The molecule has 3 N–H and O–H groups in total. The van der Waals surface area contributed by atoms with Crippen molar-refractivity contribution in [1.82, 2.24) is 10.2 Å². The first-order valence-corrected chi connectivity index (χ1v) is 3.78. The van der Waals surface area contributed by atoms with Gasteiger partial charge in [-0.2, -0.15) is 5.10 Å². The van der Waals surface area contributed by atoms with E-state index in [0.717, 1.165) is 5.56 Å². The molecule has 1 heterocycles. The van der Waals surface area contributed by atoms with Crippen LogP contribution in [0.5, 0.6) is 0 Å². The van der Waals surface area contributed by atoms with E-state index in [1.165, 1.54) is 0 Å². The number of rotatable bonds is 3. The van der Waals surface area contributed by atoms with Crippen molar-refractivity contribution in [2.24, 2.45) is 0 Å². The molecule has 1 rings (SSSR count). The van der Waals surface area contributed by atoms with Gasteiger partial charge in [0.25, 0.3) is 0 Å². The molecule has 0 fully saturated rings. The zero-order valence-electron chi connectivity index (χ0n) is 7.20. The predicted molar refractivity (Wildman–Crippen MR) is 45.4 cm³/mol. The van der Waals surface area contributed by atoms with Crippen molar-refractivity contribution >= 4 is 11.9 Å². The minimum Gasteiger partial charge on any atom is -0.447 e. The Morgan fingerprint density at radius 2 is 2.62 bits per heavy atom. The van der Waals surface area contributed by atoms with E-state index < -0.39 is 6.09 Å². The molecule has 0 unspecified atom stereocenters. The van der Waals surface area contributed by atoms with Crippen LogP contribution in [0.4, 0.5) is 10.6 Å². The van der Waals surface area contributed by atoms with E-state index >= 15 is 0 Å². The summed E-state index contributed by atoms with van der Waals surface area (Å²) in [4.78, 5) is 10.9. The summed E-state index contributed by atoms with van der Waals surface area (Å²) in [6.07, 6.45) is 0.975. The van der Waals surface area contributed by atoms with Crippen molar-refractivity contribution in [2.75, 3.05) is 18.5 Å². The summed E-state index contributed by atoms with van der Waals surface area (Å²) in [7, 11) is 0. The Kier molecular flexibility index (Phi) is 3.27. The Morgan fingerprint density at radius 1 is 1.85 bits per heavy atom. The molecule has 0 saturated heterocycles. The van der Waals surface area contributed by atoms with E-state index in [-0.39, 0.29) is 13.2 Å². The van der Waals surface area contributed by atoms with E-state index in [9.17, 15) is 4.79 Å². The van der Waals surface area contributed by atoms with Gasteiger partial charge in [0, 0.05) is 5.56 Å². The zero-order chi connectivity index (χ0) is 9.68. The van der Waals surface area contributed by atoms with Gasteiger partial charge in [-0.05, 0) is 6.92 Å². The molecule has 0 aliphatic carbocycles. The summed E-state index contributed by atoms with van der Waals surface area (Å²) >= 11 is 0. The predicted octanol–water partition coefficient (Wildman–Crippen LogP) is 0.259. The molecular formula is C7H11N3O3. The van der Waals surface area contributed by atoms with Crippen LogP contribution in [0.2, 0.25) is 0 Å². The maximum atomic E-state index is 10.9. The van der Waals surface area contributed by atoms with E-state index in [1.54, 1.807) is 13.1 Å². The molecule has 0 radical (unpaired) electrons. The van der Waals surface area contributed by atoms with Gasteiger partial charge in [-0.15, -0.1) is 0 Å². The molecule has 1 aromatic heterocycles. The van der Waals surface area contributed by atoms with E-state index in [0.29, 0.717) is 5.82 Å². The monoisotopic (exact) mass is 185 g/mol. The fourth-order valence-electron chi connectivity index (χ4n) is 0.749. The lowest BCUT2D eigenvalue weighted by atomic mass is 10.4. The van der Waals surface area contributed by atoms with Gasteiger partial charge >= 0.3 is 6.09 Å².